The lowest BCUT2D eigenvalue weighted by atomic mass is 10.1. The number of amides is 3. The third kappa shape index (κ3) is 17.1. The summed E-state index contributed by atoms with van der Waals surface area (Å²) in [4.78, 5) is 68.2. The average molecular weight is 651 g/mol. The first kappa shape index (κ1) is 40.3. The van der Waals surface area contributed by atoms with Gasteiger partial charge in [-0.1, -0.05) is 0 Å². The Balaban J connectivity index is 2.86. The molecule has 0 fully saturated rings. The van der Waals surface area contributed by atoms with Gasteiger partial charge in [0.05, 0.1) is 26.7 Å². The highest BCUT2D eigenvalue weighted by Crippen LogP contribution is 2.16. The zero-order valence-electron chi connectivity index (χ0n) is 29.8. The second kappa shape index (κ2) is 16.7. The Morgan fingerprint density at radius 2 is 1.24 bits per heavy atom. The summed E-state index contributed by atoms with van der Waals surface area (Å²) < 4.78 is 16.8. The molecular weight excluding hydrogens is 594 g/mol. The molecule has 1 rings (SSSR count). The van der Waals surface area contributed by atoms with Gasteiger partial charge in [0.1, 0.15) is 28.9 Å². The lowest BCUT2D eigenvalue weighted by Crippen LogP contribution is -2.53. The van der Waals surface area contributed by atoms with Crippen LogP contribution in [0.25, 0.3) is 0 Å². The molecule has 0 aromatic carbocycles. The van der Waals surface area contributed by atoms with Crippen LogP contribution in [0.5, 0.6) is 0 Å². The van der Waals surface area contributed by atoms with Gasteiger partial charge < -0.3 is 30.2 Å². The Bertz CT molecular complexity index is 1190. The molecule has 0 aliphatic heterocycles. The second-order valence-electron chi connectivity index (χ2n) is 15.1. The number of hydrogen-bond acceptors (Lipinski definition) is 9. The van der Waals surface area contributed by atoms with E-state index in [0.717, 1.165) is 5.82 Å². The molecule has 1 aromatic rings. The predicted molar refractivity (Wildman–Crippen MR) is 176 cm³/mol. The van der Waals surface area contributed by atoms with E-state index < -0.39 is 52.8 Å². The van der Waals surface area contributed by atoms with Gasteiger partial charge in [0.2, 0.25) is 5.82 Å². The Morgan fingerprint density at radius 1 is 0.739 bits per heavy atom. The normalized spacial score (nSPS) is 13.6. The quantitative estimate of drug-likeness (QED) is 0.117. The zero-order valence-corrected chi connectivity index (χ0v) is 29.8. The van der Waals surface area contributed by atoms with Crippen LogP contribution in [0.2, 0.25) is 0 Å². The van der Waals surface area contributed by atoms with E-state index in [4.69, 9.17) is 14.2 Å². The minimum atomic E-state index is -1.17. The summed E-state index contributed by atoms with van der Waals surface area (Å²) >= 11 is 0. The molecule has 0 saturated heterocycles. The van der Waals surface area contributed by atoms with E-state index >= 15 is 0 Å². The second-order valence-corrected chi connectivity index (χ2v) is 15.1. The van der Waals surface area contributed by atoms with Crippen molar-refractivity contribution >= 4 is 35.7 Å². The molecule has 46 heavy (non-hydrogen) atoms. The van der Waals surface area contributed by atoms with Gasteiger partial charge in [0.15, 0.2) is 0 Å². The maximum Gasteiger partial charge on any atom is 0.329 e. The molecule has 0 aliphatic rings. The van der Waals surface area contributed by atoms with Crippen molar-refractivity contribution in [3.8, 4) is 0 Å². The van der Waals surface area contributed by atoms with E-state index in [1.54, 1.807) is 68.4 Å². The predicted octanol–water partition coefficient (Wildman–Crippen LogP) is 4.02. The van der Waals surface area contributed by atoms with E-state index in [1.807, 2.05) is 27.2 Å². The molecule has 1 aromatic heterocycles. The van der Waals surface area contributed by atoms with Gasteiger partial charge in [0, 0.05) is 25.2 Å². The van der Waals surface area contributed by atoms with E-state index in [0.29, 0.717) is 29.4 Å². The number of nitrogens with one attached hydrogen (secondary N) is 3. The molecule has 2 unspecified atom stereocenters. The molecule has 0 aliphatic carbocycles. The summed E-state index contributed by atoms with van der Waals surface area (Å²) in [5.74, 6) is -1.34. The van der Waals surface area contributed by atoms with Crippen LogP contribution in [-0.4, -0.2) is 91.4 Å². The summed E-state index contributed by atoms with van der Waals surface area (Å²) in [6, 6.07) is 0.524. The van der Waals surface area contributed by atoms with Crippen LogP contribution < -0.4 is 20.4 Å². The standard InChI is InChI=1S/C33H55N5O8/c1-31(2,3)44-26(39)19-17-24(29(42)46-33(7,8)9)37-30(43)36-23(28(41)45-32(4,5)6)15-13-14-20-34-27(40)22-16-18-25(35-21-22)38(10,11)12/h16,18,21,23-24H,13-15,17,19-20H2,1-12H3,(H2-,34,36,37,40,43)/p+1. The Hall–Kier alpha value is -3.74. The maximum absolute atomic E-state index is 13.1. The first-order valence-electron chi connectivity index (χ1n) is 15.7. The zero-order chi connectivity index (χ0) is 35.5. The number of esters is 3. The Labute approximate surface area is 274 Å². The van der Waals surface area contributed by atoms with Crippen molar-refractivity contribution in [3.05, 3.63) is 23.9 Å². The van der Waals surface area contributed by atoms with Gasteiger partial charge in [-0.2, -0.15) is 0 Å². The number of nitrogens with zero attached hydrogens (tertiary/aromatic N) is 2. The fourth-order valence-corrected chi connectivity index (χ4v) is 3.95. The number of aromatic nitrogens is 1. The Kier molecular flexibility index (Phi) is 14.6. The average Bonchev–Trinajstić information content (AvgIpc) is 2.86. The molecular formula is C33H56N5O8+. The van der Waals surface area contributed by atoms with Gasteiger partial charge in [-0.15, -0.1) is 0 Å². The van der Waals surface area contributed by atoms with Gasteiger partial charge >= 0.3 is 23.9 Å². The van der Waals surface area contributed by atoms with Crippen molar-refractivity contribution in [2.45, 2.75) is 123 Å². The first-order valence-corrected chi connectivity index (χ1v) is 15.7. The third-order valence-corrected chi connectivity index (χ3v) is 5.95. The van der Waals surface area contributed by atoms with Crippen molar-refractivity contribution in [2.24, 2.45) is 0 Å². The monoisotopic (exact) mass is 650 g/mol. The van der Waals surface area contributed by atoms with Gasteiger partial charge in [-0.25, -0.2) is 19.4 Å². The highest BCUT2D eigenvalue weighted by molar-refractivity contribution is 5.94. The summed E-state index contributed by atoms with van der Waals surface area (Å²) in [5.41, 5.74) is -1.90. The van der Waals surface area contributed by atoms with Crippen LogP contribution in [0.15, 0.2) is 18.3 Å². The summed E-state index contributed by atoms with van der Waals surface area (Å²) in [7, 11) is 5.95. The fraction of sp³-hybridized carbons (Fsp3) is 0.697. The molecule has 0 saturated carbocycles. The minimum absolute atomic E-state index is 0.0678. The van der Waals surface area contributed by atoms with E-state index in [-0.39, 0.29) is 25.2 Å². The van der Waals surface area contributed by atoms with Crippen molar-refractivity contribution < 1.29 is 38.2 Å². The van der Waals surface area contributed by atoms with E-state index in [9.17, 15) is 24.0 Å². The molecule has 0 bridgehead atoms. The SMILES string of the molecule is CC(C)(C)OC(=O)CCC(NC(=O)NC(CCCCNC(=O)c1ccc([N+](C)(C)C)nc1)C(=O)OC(C)(C)C)C(=O)OC(C)(C)C. The number of unbranched alkanes of at least 4 members (excludes halogenated alkanes) is 1. The molecule has 13 nitrogen and oxygen atoms in total. The van der Waals surface area contributed by atoms with Crippen LogP contribution in [0, 0.1) is 0 Å². The summed E-state index contributed by atoms with van der Waals surface area (Å²) in [6.07, 6.45) is 2.53. The van der Waals surface area contributed by atoms with Crippen LogP contribution in [0.4, 0.5) is 10.6 Å². The van der Waals surface area contributed by atoms with Gasteiger partial charge in [0.25, 0.3) is 5.91 Å². The molecule has 3 N–H and O–H groups in total. The van der Waals surface area contributed by atoms with E-state index in [2.05, 4.69) is 20.9 Å². The molecule has 0 radical (unpaired) electrons. The number of carbonyl (C=O) groups excluding carboxylic acids is 5. The highest BCUT2D eigenvalue weighted by atomic mass is 16.6. The molecule has 0 spiro atoms. The fourth-order valence-electron chi connectivity index (χ4n) is 3.95. The minimum Gasteiger partial charge on any atom is -0.460 e. The molecule has 1 heterocycles. The van der Waals surface area contributed by atoms with Crippen molar-refractivity contribution in [3.63, 3.8) is 0 Å². The Morgan fingerprint density at radius 3 is 1.67 bits per heavy atom. The topological polar surface area (TPSA) is 162 Å². The molecule has 13 heteroatoms. The molecule has 3 amide bonds. The first-order chi connectivity index (χ1) is 20.9. The largest absolute Gasteiger partial charge is 0.460 e. The lowest BCUT2D eigenvalue weighted by Gasteiger charge is -2.27. The van der Waals surface area contributed by atoms with Crippen LogP contribution in [-0.2, 0) is 28.6 Å². The van der Waals surface area contributed by atoms with Crippen molar-refractivity contribution in [1.29, 1.82) is 0 Å². The number of hydrogen-bond donors (Lipinski definition) is 3. The molecule has 260 valence electrons. The lowest BCUT2D eigenvalue weighted by molar-refractivity contribution is -0.159. The number of pyridine rings is 1. The summed E-state index contributed by atoms with van der Waals surface area (Å²) in [6.45, 7) is 15.8. The van der Waals surface area contributed by atoms with Crippen LogP contribution in [0.3, 0.4) is 0 Å². The van der Waals surface area contributed by atoms with Gasteiger partial charge in [-0.05, 0) is 94.1 Å². The summed E-state index contributed by atoms with van der Waals surface area (Å²) in [5, 5.41) is 8.00. The highest BCUT2D eigenvalue weighted by Gasteiger charge is 2.31. The number of quaternary nitrogens is 1. The smallest absolute Gasteiger partial charge is 0.329 e. The number of urea groups is 1. The van der Waals surface area contributed by atoms with Gasteiger partial charge in [-0.3, -0.25) is 14.1 Å². The van der Waals surface area contributed by atoms with E-state index in [1.165, 1.54) is 6.20 Å². The van der Waals surface area contributed by atoms with Crippen LogP contribution in [0.1, 0.15) is 105 Å². The van der Waals surface area contributed by atoms with Crippen molar-refractivity contribution in [2.75, 3.05) is 27.7 Å². The number of carbonyl (C=O) groups is 5. The third-order valence-electron chi connectivity index (χ3n) is 5.95. The number of ether oxygens (including phenoxy) is 3. The number of rotatable bonds is 14. The van der Waals surface area contributed by atoms with Crippen LogP contribution >= 0.6 is 0 Å². The molecule has 2 atom stereocenters. The van der Waals surface area contributed by atoms with Crippen molar-refractivity contribution in [1.82, 2.24) is 25.4 Å². The maximum atomic E-state index is 13.1.